The SMILES string of the molecule is N#CCC1(n2cc(-c3ncnc4[nH]ccc34)cn2)CN(C2CCN(C(=O)c3cccc(C(F)(F)F)c3F)CC2)C1. The fourth-order valence-corrected chi connectivity index (χ4v) is 5.78. The van der Waals surface area contributed by atoms with E-state index in [0.29, 0.717) is 45.1 Å². The molecule has 1 amide bonds. The fraction of sp³-hybridized carbons (Fsp3) is 0.370. The quantitative estimate of drug-likeness (QED) is 0.372. The number of amides is 1. The number of rotatable bonds is 5. The molecule has 0 unspecified atom stereocenters. The van der Waals surface area contributed by atoms with Crippen molar-refractivity contribution in [2.75, 3.05) is 26.2 Å². The largest absolute Gasteiger partial charge is 0.419 e. The van der Waals surface area contributed by atoms with Crippen molar-refractivity contribution in [2.24, 2.45) is 0 Å². The molecule has 0 saturated carbocycles. The van der Waals surface area contributed by atoms with Crippen LogP contribution in [0.4, 0.5) is 17.6 Å². The first kappa shape index (κ1) is 25.9. The van der Waals surface area contributed by atoms with Gasteiger partial charge in [-0.1, -0.05) is 6.07 Å². The van der Waals surface area contributed by atoms with Gasteiger partial charge in [0.1, 0.15) is 23.3 Å². The van der Waals surface area contributed by atoms with Gasteiger partial charge in [-0.2, -0.15) is 23.5 Å². The summed E-state index contributed by atoms with van der Waals surface area (Å²) in [6.45, 7) is 1.78. The van der Waals surface area contributed by atoms with E-state index in [2.05, 4.69) is 31.0 Å². The number of benzene rings is 1. The van der Waals surface area contributed by atoms with Crippen molar-refractivity contribution in [1.29, 1.82) is 5.26 Å². The Labute approximate surface area is 226 Å². The first-order chi connectivity index (χ1) is 19.2. The molecule has 2 aliphatic rings. The molecule has 206 valence electrons. The molecule has 0 atom stereocenters. The number of fused-ring (bicyclic) bond motifs is 1. The van der Waals surface area contributed by atoms with Crippen LogP contribution in [0.3, 0.4) is 0 Å². The molecule has 0 bridgehead atoms. The van der Waals surface area contributed by atoms with E-state index in [-0.39, 0.29) is 12.5 Å². The van der Waals surface area contributed by atoms with Crippen molar-refractivity contribution in [3.63, 3.8) is 0 Å². The molecule has 6 rings (SSSR count). The Morgan fingerprint density at radius 1 is 1.18 bits per heavy atom. The van der Waals surface area contributed by atoms with Gasteiger partial charge in [0.05, 0.1) is 35.5 Å². The van der Waals surface area contributed by atoms with Gasteiger partial charge in [0.25, 0.3) is 5.91 Å². The molecule has 9 nitrogen and oxygen atoms in total. The molecule has 5 heterocycles. The van der Waals surface area contributed by atoms with Crippen molar-refractivity contribution < 1.29 is 22.4 Å². The van der Waals surface area contributed by atoms with E-state index in [9.17, 15) is 27.6 Å². The van der Waals surface area contributed by atoms with E-state index in [1.165, 1.54) is 11.2 Å². The second-order valence-electron chi connectivity index (χ2n) is 10.3. The maximum atomic E-state index is 14.5. The number of nitriles is 1. The monoisotopic (exact) mass is 552 g/mol. The lowest BCUT2D eigenvalue weighted by Gasteiger charge is -2.53. The van der Waals surface area contributed by atoms with Gasteiger partial charge in [0, 0.05) is 55.6 Å². The van der Waals surface area contributed by atoms with Crippen molar-refractivity contribution in [3.05, 3.63) is 66.1 Å². The second-order valence-corrected chi connectivity index (χ2v) is 10.3. The van der Waals surface area contributed by atoms with Crippen LogP contribution >= 0.6 is 0 Å². The number of nitrogens with one attached hydrogen (secondary N) is 1. The van der Waals surface area contributed by atoms with Crippen molar-refractivity contribution >= 4 is 16.9 Å². The summed E-state index contributed by atoms with van der Waals surface area (Å²) < 4.78 is 55.6. The summed E-state index contributed by atoms with van der Waals surface area (Å²) in [5.41, 5.74) is -0.237. The molecule has 0 radical (unpaired) electrons. The van der Waals surface area contributed by atoms with E-state index in [1.807, 2.05) is 16.9 Å². The van der Waals surface area contributed by atoms with Gasteiger partial charge in [-0.05, 0) is 31.0 Å². The number of halogens is 4. The Balaban J connectivity index is 1.12. The maximum absolute atomic E-state index is 14.5. The van der Waals surface area contributed by atoms with Crippen LogP contribution in [0.5, 0.6) is 0 Å². The number of aromatic nitrogens is 5. The third kappa shape index (κ3) is 4.38. The highest BCUT2D eigenvalue weighted by Crippen LogP contribution is 2.38. The van der Waals surface area contributed by atoms with Gasteiger partial charge in [-0.15, -0.1) is 0 Å². The Morgan fingerprint density at radius 2 is 1.95 bits per heavy atom. The zero-order valence-corrected chi connectivity index (χ0v) is 21.2. The lowest BCUT2D eigenvalue weighted by Crippen LogP contribution is -2.66. The highest BCUT2D eigenvalue weighted by atomic mass is 19.4. The van der Waals surface area contributed by atoms with Gasteiger partial charge in [-0.25, -0.2) is 14.4 Å². The molecule has 2 saturated heterocycles. The summed E-state index contributed by atoms with van der Waals surface area (Å²) in [7, 11) is 0. The molecule has 40 heavy (non-hydrogen) atoms. The van der Waals surface area contributed by atoms with E-state index in [4.69, 9.17) is 0 Å². The van der Waals surface area contributed by atoms with Gasteiger partial charge >= 0.3 is 6.18 Å². The van der Waals surface area contributed by atoms with Gasteiger partial charge in [0.2, 0.25) is 0 Å². The summed E-state index contributed by atoms with van der Waals surface area (Å²) in [6, 6.07) is 7.07. The van der Waals surface area contributed by atoms with Crippen LogP contribution in [0.2, 0.25) is 0 Å². The normalized spacial score (nSPS) is 18.0. The molecule has 4 aromatic rings. The molecule has 1 aromatic carbocycles. The summed E-state index contributed by atoms with van der Waals surface area (Å²) >= 11 is 0. The average molecular weight is 553 g/mol. The van der Waals surface area contributed by atoms with Crippen LogP contribution in [-0.2, 0) is 11.7 Å². The maximum Gasteiger partial charge on any atom is 0.419 e. The number of H-pyrrole nitrogens is 1. The average Bonchev–Trinajstić information content (AvgIpc) is 3.60. The Kier molecular flexibility index (Phi) is 6.29. The van der Waals surface area contributed by atoms with E-state index in [1.54, 1.807) is 12.4 Å². The topological polar surface area (TPSA) is 107 Å². The number of hydrogen-bond donors (Lipinski definition) is 1. The predicted octanol–water partition coefficient (Wildman–Crippen LogP) is 4.21. The fourth-order valence-electron chi connectivity index (χ4n) is 5.78. The molecule has 2 fully saturated rings. The minimum absolute atomic E-state index is 0.124. The first-order valence-electron chi connectivity index (χ1n) is 12.8. The van der Waals surface area contributed by atoms with Crippen LogP contribution in [0.1, 0.15) is 35.2 Å². The van der Waals surface area contributed by atoms with Gasteiger partial charge in [0.15, 0.2) is 0 Å². The number of aromatic amines is 1. The Hall–Kier alpha value is -4.31. The molecular formula is C27H24F4N8O. The number of carbonyl (C=O) groups is 1. The standard InChI is InChI=1S/C27H24F4N8O/c28-22-19(2-1-3-21(22)27(29,30)31)25(40)37-10-5-18(6-11-37)38-14-26(15-38,7-8-32)39-13-17(12-36-39)23-20-4-9-33-24(20)35-16-34-23/h1-4,9,12-13,16,18H,5-7,10-11,14-15H2,(H,33,34,35). The number of hydrogen-bond acceptors (Lipinski definition) is 6. The number of piperidine rings is 1. The summed E-state index contributed by atoms with van der Waals surface area (Å²) in [4.78, 5) is 28.2. The van der Waals surface area contributed by atoms with Crippen molar-refractivity contribution in [1.82, 2.24) is 34.5 Å². The van der Waals surface area contributed by atoms with Crippen LogP contribution in [0.15, 0.2) is 49.2 Å². The molecule has 13 heteroatoms. The number of nitrogens with zero attached hydrogens (tertiary/aromatic N) is 7. The Morgan fingerprint density at radius 3 is 2.67 bits per heavy atom. The zero-order chi connectivity index (χ0) is 28.1. The number of likely N-dealkylation sites (tertiary alicyclic amines) is 2. The highest BCUT2D eigenvalue weighted by molar-refractivity contribution is 5.95. The number of alkyl halides is 3. The Bertz CT molecular complexity index is 1610. The third-order valence-electron chi connectivity index (χ3n) is 7.90. The number of carbonyl (C=O) groups excluding carboxylic acids is 1. The van der Waals surface area contributed by atoms with Gasteiger partial charge in [-0.3, -0.25) is 14.4 Å². The van der Waals surface area contributed by atoms with Gasteiger partial charge < -0.3 is 9.88 Å². The third-order valence-corrected chi connectivity index (χ3v) is 7.90. The highest BCUT2D eigenvalue weighted by Gasteiger charge is 2.48. The molecule has 3 aromatic heterocycles. The van der Waals surface area contributed by atoms with Crippen LogP contribution in [0.25, 0.3) is 22.3 Å². The molecular weight excluding hydrogens is 528 g/mol. The minimum Gasteiger partial charge on any atom is -0.346 e. The molecule has 0 spiro atoms. The minimum atomic E-state index is -4.88. The first-order valence-corrected chi connectivity index (χ1v) is 12.8. The second kappa shape index (κ2) is 9.71. The smallest absolute Gasteiger partial charge is 0.346 e. The summed E-state index contributed by atoms with van der Waals surface area (Å²) in [5.74, 6) is -2.28. The van der Waals surface area contributed by atoms with E-state index < -0.39 is 34.6 Å². The lowest BCUT2D eigenvalue weighted by atomic mass is 9.83. The molecule has 0 aliphatic carbocycles. The summed E-state index contributed by atoms with van der Waals surface area (Å²) in [5, 5.41) is 15.0. The summed E-state index contributed by atoms with van der Waals surface area (Å²) in [6.07, 6.45) is 3.47. The van der Waals surface area contributed by atoms with E-state index in [0.717, 1.165) is 34.4 Å². The predicted molar refractivity (Wildman–Crippen MR) is 135 cm³/mol. The van der Waals surface area contributed by atoms with Crippen molar-refractivity contribution in [2.45, 2.75) is 37.0 Å². The van der Waals surface area contributed by atoms with Crippen LogP contribution < -0.4 is 0 Å². The molecule has 1 N–H and O–H groups in total. The molecule has 2 aliphatic heterocycles. The van der Waals surface area contributed by atoms with Crippen LogP contribution in [-0.4, -0.2) is 72.7 Å². The zero-order valence-electron chi connectivity index (χ0n) is 21.2. The van der Waals surface area contributed by atoms with Crippen LogP contribution in [0, 0.1) is 17.1 Å². The van der Waals surface area contributed by atoms with E-state index >= 15 is 0 Å². The lowest BCUT2D eigenvalue weighted by molar-refractivity contribution is -0.140. The van der Waals surface area contributed by atoms with Crippen molar-refractivity contribution in [3.8, 4) is 17.3 Å².